The van der Waals surface area contributed by atoms with Crippen molar-refractivity contribution in [1.29, 1.82) is 0 Å². The second-order valence-electron chi connectivity index (χ2n) is 6.37. The molecule has 0 fully saturated rings. The molecule has 1 aromatic heterocycles. The van der Waals surface area contributed by atoms with E-state index < -0.39 is 0 Å². The molecule has 0 saturated heterocycles. The van der Waals surface area contributed by atoms with Crippen LogP contribution in [0, 0.1) is 0 Å². The number of methoxy groups -OCH3 is 3. The average Bonchev–Trinajstić information content (AvgIpc) is 3.19. The molecular formula is C20H28N2O4S. The van der Waals surface area contributed by atoms with Crippen molar-refractivity contribution in [1.82, 2.24) is 10.2 Å². The van der Waals surface area contributed by atoms with Crippen molar-refractivity contribution in [2.75, 3.05) is 42.0 Å². The Hall–Kier alpha value is -2.25. The molecule has 2 aromatic rings. The minimum Gasteiger partial charge on any atom is -0.493 e. The molecule has 0 unspecified atom stereocenters. The molecule has 1 atom stereocenters. The largest absolute Gasteiger partial charge is 0.493 e. The van der Waals surface area contributed by atoms with Gasteiger partial charge in [0, 0.05) is 13.0 Å². The summed E-state index contributed by atoms with van der Waals surface area (Å²) in [6.07, 6.45) is 0.982. The summed E-state index contributed by atoms with van der Waals surface area (Å²) in [5.41, 5.74) is 2.18. The maximum atomic E-state index is 12.3. The smallest absolute Gasteiger partial charge is 0.220 e. The minimum atomic E-state index is 0.0193. The molecule has 1 N–H and O–H groups in total. The summed E-state index contributed by atoms with van der Waals surface area (Å²) >= 11 is 1.66. The molecule has 0 aliphatic carbocycles. The first kappa shape index (κ1) is 21.1. The quantitative estimate of drug-likeness (QED) is 0.673. The second-order valence-corrected chi connectivity index (χ2v) is 7.15. The fourth-order valence-electron chi connectivity index (χ4n) is 2.90. The molecule has 6 nitrogen and oxygen atoms in total. The average molecular weight is 393 g/mol. The van der Waals surface area contributed by atoms with Crippen LogP contribution in [0.15, 0.2) is 29.0 Å². The van der Waals surface area contributed by atoms with Gasteiger partial charge in [-0.15, -0.1) is 0 Å². The number of amides is 1. The zero-order chi connectivity index (χ0) is 19.8. The Morgan fingerprint density at radius 3 is 2.30 bits per heavy atom. The van der Waals surface area contributed by atoms with Crippen LogP contribution in [0.3, 0.4) is 0 Å². The maximum absolute atomic E-state index is 12.3. The monoisotopic (exact) mass is 392 g/mol. The Morgan fingerprint density at radius 2 is 1.81 bits per heavy atom. The standard InChI is InChI=1S/C20H28N2O4S/c1-22(2)16(15-8-9-27-13-15)12-21-19(23)7-6-14-10-17(24-3)20(26-5)18(11-14)25-4/h8-11,13,16H,6-7,12H2,1-5H3,(H,21,23)/t16-/m1/s1. The maximum Gasteiger partial charge on any atom is 0.220 e. The number of nitrogens with zero attached hydrogens (tertiary/aromatic N) is 1. The van der Waals surface area contributed by atoms with Crippen LogP contribution in [0.1, 0.15) is 23.6 Å². The van der Waals surface area contributed by atoms with Crippen molar-refractivity contribution >= 4 is 17.2 Å². The van der Waals surface area contributed by atoms with Gasteiger partial charge >= 0.3 is 0 Å². The number of carbonyl (C=O) groups is 1. The van der Waals surface area contributed by atoms with Crippen LogP contribution in [0.25, 0.3) is 0 Å². The Bertz CT molecular complexity index is 707. The third-order valence-electron chi connectivity index (χ3n) is 4.41. The van der Waals surface area contributed by atoms with E-state index in [1.165, 1.54) is 5.56 Å². The van der Waals surface area contributed by atoms with Crippen molar-refractivity contribution in [3.05, 3.63) is 40.1 Å². The highest BCUT2D eigenvalue weighted by Gasteiger charge is 2.17. The molecule has 1 heterocycles. The van der Waals surface area contributed by atoms with E-state index in [0.29, 0.717) is 36.6 Å². The molecule has 2 rings (SSSR count). The van der Waals surface area contributed by atoms with Gasteiger partial charge in [-0.3, -0.25) is 4.79 Å². The van der Waals surface area contributed by atoms with Crippen molar-refractivity contribution < 1.29 is 19.0 Å². The predicted octanol–water partition coefficient (Wildman–Crippen LogP) is 3.13. The predicted molar refractivity (Wildman–Crippen MR) is 108 cm³/mol. The Balaban J connectivity index is 1.95. The van der Waals surface area contributed by atoms with Crippen LogP contribution in [0.4, 0.5) is 0 Å². The second kappa shape index (κ2) is 10.2. The normalized spacial score (nSPS) is 11.9. The summed E-state index contributed by atoms with van der Waals surface area (Å²) in [5.74, 6) is 1.76. The van der Waals surface area contributed by atoms with Gasteiger partial charge in [0.25, 0.3) is 0 Å². The first-order valence-corrected chi connectivity index (χ1v) is 9.68. The van der Waals surface area contributed by atoms with Gasteiger partial charge in [0.15, 0.2) is 11.5 Å². The lowest BCUT2D eigenvalue weighted by Gasteiger charge is -2.24. The topological polar surface area (TPSA) is 60.0 Å². The van der Waals surface area contributed by atoms with Gasteiger partial charge < -0.3 is 24.4 Å². The van der Waals surface area contributed by atoms with Crippen LogP contribution in [-0.2, 0) is 11.2 Å². The number of aryl methyl sites for hydroxylation is 1. The highest BCUT2D eigenvalue weighted by Crippen LogP contribution is 2.38. The molecule has 0 bridgehead atoms. The number of likely N-dealkylation sites (N-methyl/N-ethyl adjacent to an activating group) is 1. The van der Waals surface area contributed by atoms with E-state index >= 15 is 0 Å². The van der Waals surface area contributed by atoms with Gasteiger partial charge in [0.2, 0.25) is 11.7 Å². The summed E-state index contributed by atoms with van der Waals surface area (Å²) < 4.78 is 16.1. The van der Waals surface area contributed by atoms with E-state index in [4.69, 9.17) is 14.2 Å². The highest BCUT2D eigenvalue weighted by molar-refractivity contribution is 7.07. The Kier molecular flexibility index (Phi) is 7.94. The van der Waals surface area contributed by atoms with Crippen LogP contribution in [0.2, 0.25) is 0 Å². The van der Waals surface area contributed by atoms with Crippen LogP contribution in [-0.4, -0.2) is 52.8 Å². The molecule has 148 valence electrons. The van der Waals surface area contributed by atoms with E-state index in [9.17, 15) is 4.79 Å². The van der Waals surface area contributed by atoms with Crippen LogP contribution < -0.4 is 19.5 Å². The molecule has 0 aliphatic heterocycles. The first-order valence-electron chi connectivity index (χ1n) is 8.74. The minimum absolute atomic E-state index is 0.0193. The number of rotatable bonds is 10. The summed E-state index contributed by atoms with van der Waals surface area (Å²) in [6, 6.07) is 6.02. The molecule has 0 radical (unpaired) electrons. The molecular weight excluding hydrogens is 364 g/mol. The lowest BCUT2D eigenvalue weighted by atomic mass is 10.1. The van der Waals surface area contributed by atoms with Crippen molar-refractivity contribution in [3.63, 3.8) is 0 Å². The SMILES string of the molecule is COc1cc(CCC(=O)NC[C@H](c2ccsc2)N(C)C)cc(OC)c1OC. The number of thiophene rings is 1. The number of nitrogens with one attached hydrogen (secondary N) is 1. The molecule has 1 amide bonds. The van der Waals surface area contributed by atoms with Crippen molar-refractivity contribution in [2.24, 2.45) is 0 Å². The fourth-order valence-corrected chi connectivity index (χ4v) is 3.61. The third-order valence-corrected chi connectivity index (χ3v) is 5.11. The van der Waals surface area contributed by atoms with Crippen molar-refractivity contribution in [2.45, 2.75) is 18.9 Å². The van der Waals surface area contributed by atoms with Gasteiger partial charge in [-0.25, -0.2) is 0 Å². The van der Waals surface area contributed by atoms with Crippen LogP contribution in [0.5, 0.6) is 17.2 Å². The van der Waals surface area contributed by atoms with Gasteiger partial charge in [0.1, 0.15) is 0 Å². The summed E-state index contributed by atoms with van der Waals surface area (Å²) in [6.45, 7) is 0.581. The van der Waals surface area contributed by atoms with E-state index in [2.05, 4.69) is 27.0 Å². The van der Waals surface area contributed by atoms with E-state index in [0.717, 1.165) is 5.56 Å². The third kappa shape index (κ3) is 5.61. The number of carbonyl (C=O) groups excluding carboxylic acids is 1. The zero-order valence-corrected chi connectivity index (χ0v) is 17.4. The number of hydrogen-bond donors (Lipinski definition) is 1. The molecule has 0 saturated carbocycles. The Labute approximate surface area is 165 Å². The number of ether oxygens (including phenoxy) is 3. The van der Waals surface area contributed by atoms with Gasteiger partial charge in [-0.2, -0.15) is 11.3 Å². The number of hydrogen-bond acceptors (Lipinski definition) is 6. The Morgan fingerprint density at radius 1 is 1.15 bits per heavy atom. The first-order chi connectivity index (χ1) is 13.0. The summed E-state index contributed by atoms with van der Waals surface area (Å²) in [5, 5.41) is 7.21. The lowest BCUT2D eigenvalue weighted by Crippen LogP contribution is -2.34. The van der Waals surface area contributed by atoms with Gasteiger partial charge in [-0.05, 0) is 60.6 Å². The summed E-state index contributed by atoms with van der Waals surface area (Å²) in [7, 11) is 8.77. The van der Waals surface area contributed by atoms with Gasteiger partial charge in [0.05, 0.1) is 27.4 Å². The van der Waals surface area contributed by atoms with E-state index in [1.54, 1.807) is 32.7 Å². The van der Waals surface area contributed by atoms with Crippen molar-refractivity contribution in [3.8, 4) is 17.2 Å². The summed E-state index contributed by atoms with van der Waals surface area (Å²) in [4.78, 5) is 14.4. The lowest BCUT2D eigenvalue weighted by molar-refractivity contribution is -0.121. The highest BCUT2D eigenvalue weighted by atomic mass is 32.1. The van der Waals surface area contributed by atoms with E-state index in [1.807, 2.05) is 26.2 Å². The van der Waals surface area contributed by atoms with E-state index in [-0.39, 0.29) is 11.9 Å². The molecule has 27 heavy (non-hydrogen) atoms. The molecule has 0 spiro atoms. The fraction of sp³-hybridized carbons (Fsp3) is 0.450. The van der Waals surface area contributed by atoms with Crippen LogP contribution >= 0.6 is 11.3 Å². The molecule has 0 aliphatic rings. The van der Waals surface area contributed by atoms with Gasteiger partial charge in [-0.1, -0.05) is 0 Å². The molecule has 1 aromatic carbocycles. The molecule has 7 heteroatoms. The number of benzene rings is 1. The zero-order valence-electron chi connectivity index (χ0n) is 16.6.